The van der Waals surface area contributed by atoms with Crippen molar-refractivity contribution in [2.24, 2.45) is 0 Å². The molecule has 0 aromatic rings. The molecular formula is C8H21O4P. The van der Waals surface area contributed by atoms with Gasteiger partial charge in [-0.15, -0.1) is 0 Å². The van der Waals surface area contributed by atoms with Gasteiger partial charge >= 0.3 is 79.7 Å². The Bertz CT molecular complexity index is 148. The number of hydrogen-bond donors (Lipinski definition) is 2. The summed E-state index contributed by atoms with van der Waals surface area (Å²) in [6.45, 7) is 10.5. The Hall–Kier alpha value is 0.270. The maximum atomic E-state index is 9.44. The molecule has 0 bridgehead atoms. The van der Waals surface area contributed by atoms with Crippen molar-refractivity contribution in [3.63, 3.8) is 0 Å². The zero-order valence-electron chi connectivity index (χ0n) is 9.21. The minimum atomic E-state index is -3.97. The van der Waals surface area contributed by atoms with Crippen LogP contribution >= 0.6 is 8.17 Å². The van der Waals surface area contributed by atoms with Gasteiger partial charge in [0, 0.05) is 0 Å². The first kappa shape index (κ1) is 13.3. The van der Waals surface area contributed by atoms with Gasteiger partial charge in [-0.05, 0) is 0 Å². The molecule has 4 nitrogen and oxygen atoms in total. The van der Waals surface area contributed by atoms with Crippen molar-refractivity contribution in [3.8, 4) is 0 Å². The Morgan fingerprint density at radius 3 is 1.15 bits per heavy atom. The SMILES string of the molecule is CC(C)(C)O[PH](O)(O)OC(C)(C)C. The van der Waals surface area contributed by atoms with Crippen molar-refractivity contribution < 1.29 is 18.8 Å². The van der Waals surface area contributed by atoms with E-state index in [1.54, 1.807) is 41.5 Å². The Kier molecular flexibility index (Phi) is 3.87. The molecule has 82 valence electrons. The van der Waals surface area contributed by atoms with E-state index in [0.717, 1.165) is 0 Å². The van der Waals surface area contributed by atoms with Gasteiger partial charge in [-0.2, -0.15) is 0 Å². The summed E-state index contributed by atoms with van der Waals surface area (Å²) in [4.78, 5) is 18.9. The molecule has 0 radical (unpaired) electrons. The fourth-order valence-corrected chi connectivity index (χ4v) is 2.46. The van der Waals surface area contributed by atoms with Gasteiger partial charge in [0.2, 0.25) is 0 Å². The molecule has 0 aromatic carbocycles. The Morgan fingerprint density at radius 2 is 1.00 bits per heavy atom. The quantitative estimate of drug-likeness (QED) is 0.687. The summed E-state index contributed by atoms with van der Waals surface area (Å²) in [6, 6.07) is 0. The molecule has 0 saturated carbocycles. The second-order valence-electron chi connectivity index (χ2n) is 4.98. The monoisotopic (exact) mass is 212 g/mol. The average Bonchev–Trinajstić information content (AvgIpc) is 1.43. The number of rotatable bonds is 2. The van der Waals surface area contributed by atoms with Crippen LogP contribution in [-0.2, 0) is 9.05 Å². The van der Waals surface area contributed by atoms with Crippen molar-refractivity contribution in [1.82, 2.24) is 0 Å². The summed E-state index contributed by atoms with van der Waals surface area (Å²) in [5.41, 5.74) is -1.22. The topological polar surface area (TPSA) is 58.9 Å². The van der Waals surface area contributed by atoms with Crippen molar-refractivity contribution in [2.75, 3.05) is 0 Å². The van der Waals surface area contributed by atoms with E-state index in [4.69, 9.17) is 9.05 Å². The van der Waals surface area contributed by atoms with Crippen LogP contribution in [0.4, 0.5) is 0 Å². The zero-order chi connectivity index (χ0) is 10.9. The van der Waals surface area contributed by atoms with Crippen LogP contribution in [-0.4, -0.2) is 21.0 Å². The van der Waals surface area contributed by atoms with E-state index >= 15 is 0 Å². The summed E-state index contributed by atoms with van der Waals surface area (Å²) in [6.07, 6.45) is 0. The summed E-state index contributed by atoms with van der Waals surface area (Å²) < 4.78 is 10.1. The molecule has 0 rings (SSSR count). The van der Waals surface area contributed by atoms with Gasteiger partial charge in [0.05, 0.1) is 0 Å². The van der Waals surface area contributed by atoms with Gasteiger partial charge in [-0.1, -0.05) is 0 Å². The second-order valence-corrected chi connectivity index (χ2v) is 6.48. The Balaban J connectivity index is 4.25. The molecule has 2 N–H and O–H groups in total. The predicted octanol–water partition coefficient (Wildman–Crippen LogP) is 2.01. The first-order valence-electron chi connectivity index (χ1n) is 4.26. The molecule has 0 aromatic heterocycles. The zero-order valence-corrected chi connectivity index (χ0v) is 10.2. The summed E-state index contributed by atoms with van der Waals surface area (Å²) in [5, 5.41) is 0. The van der Waals surface area contributed by atoms with Gasteiger partial charge < -0.3 is 0 Å². The molecule has 0 atom stereocenters. The van der Waals surface area contributed by atoms with Crippen LogP contribution in [0.2, 0.25) is 0 Å². The van der Waals surface area contributed by atoms with Crippen molar-refractivity contribution in [1.29, 1.82) is 0 Å². The molecule has 5 heteroatoms. The van der Waals surface area contributed by atoms with E-state index in [-0.39, 0.29) is 0 Å². The van der Waals surface area contributed by atoms with E-state index < -0.39 is 19.4 Å². The first-order chi connectivity index (χ1) is 5.41. The molecule has 13 heavy (non-hydrogen) atoms. The maximum absolute atomic E-state index is 9.44. The third-order valence-corrected chi connectivity index (χ3v) is 2.63. The van der Waals surface area contributed by atoms with Crippen LogP contribution in [0, 0.1) is 0 Å². The Labute approximate surface area is 80.5 Å². The fraction of sp³-hybridized carbons (Fsp3) is 1.00. The van der Waals surface area contributed by atoms with Gasteiger partial charge in [0.25, 0.3) is 0 Å². The van der Waals surface area contributed by atoms with E-state index in [9.17, 15) is 9.79 Å². The van der Waals surface area contributed by atoms with Crippen LogP contribution < -0.4 is 0 Å². The van der Waals surface area contributed by atoms with Crippen LogP contribution in [0.1, 0.15) is 41.5 Å². The molecule has 0 saturated heterocycles. The molecule has 0 unspecified atom stereocenters. The molecule has 0 aliphatic carbocycles. The third kappa shape index (κ3) is 8.60. The van der Waals surface area contributed by atoms with E-state index in [1.165, 1.54) is 0 Å². The number of hydrogen-bond acceptors (Lipinski definition) is 4. The van der Waals surface area contributed by atoms with E-state index in [2.05, 4.69) is 0 Å². The van der Waals surface area contributed by atoms with Gasteiger partial charge in [-0.3, -0.25) is 0 Å². The molecule has 0 spiro atoms. The van der Waals surface area contributed by atoms with E-state index in [0.29, 0.717) is 0 Å². The Morgan fingerprint density at radius 1 is 0.769 bits per heavy atom. The van der Waals surface area contributed by atoms with Gasteiger partial charge in [-0.25, -0.2) is 0 Å². The molecule has 0 aliphatic rings. The third-order valence-electron chi connectivity index (χ3n) is 0.878. The van der Waals surface area contributed by atoms with Crippen LogP contribution in [0.25, 0.3) is 0 Å². The first-order valence-corrected chi connectivity index (χ1v) is 5.97. The molecule has 0 heterocycles. The summed E-state index contributed by atoms with van der Waals surface area (Å²) >= 11 is 0. The molecular weight excluding hydrogens is 191 g/mol. The summed E-state index contributed by atoms with van der Waals surface area (Å²) in [7, 11) is -3.97. The predicted molar refractivity (Wildman–Crippen MR) is 54.4 cm³/mol. The average molecular weight is 212 g/mol. The van der Waals surface area contributed by atoms with Crippen molar-refractivity contribution in [2.45, 2.75) is 52.7 Å². The van der Waals surface area contributed by atoms with Crippen molar-refractivity contribution in [3.05, 3.63) is 0 Å². The molecule has 0 aliphatic heterocycles. The molecule has 0 fully saturated rings. The van der Waals surface area contributed by atoms with E-state index in [1.807, 2.05) is 0 Å². The second kappa shape index (κ2) is 3.79. The van der Waals surface area contributed by atoms with Crippen LogP contribution in [0.15, 0.2) is 0 Å². The normalized spacial score (nSPS) is 16.0. The van der Waals surface area contributed by atoms with Crippen LogP contribution in [0.3, 0.4) is 0 Å². The standard InChI is InChI=1S/C8H21O4P/c1-7(2,3)11-13(9,10)12-8(4,5)6/h9-10,13H,1-6H3. The minimum absolute atomic E-state index is 0.610. The summed E-state index contributed by atoms with van der Waals surface area (Å²) in [5.74, 6) is 0. The van der Waals surface area contributed by atoms with Gasteiger partial charge in [0.1, 0.15) is 0 Å². The molecule has 0 amide bonds. The van der Waals surface area contributed by atoms with Crippen LogP contribution in [0.5, 0.6) is 0 Å². The van der Waals surface area contributed by atoms with Gasteiger partial charge in [0.15, 0.2) is 0 Å². The fourth-order valence-electron chi connectivity index (χ4n) is 0.819. The van der Waals surface area contributed by atoms with Crippen molar-refractivity contribution >= 4 is 8.17 Å².